The summed E-state index contributed by atoms with van der Waals surface area (Å²) >= 11 is 6.07. The average Bonchev–Trinajstić information content (AvgIpc) is 3.14. The standard InChI is InChI=1S/C24H22ClF6N3O3/c1-4-37-20(35)22(3)12-34(21(36)32-18-8-7-16(9-13(18)2)24(29,30)31)33-19(22)14-5-6-15(17(25)10-14)11-23(26,27)28/h5-10H,4,11-12H2,1-3H3,(H,32,36). The highest BCUT2D eigenvalue weighted by atomic mass is 35.5. The Morgan fingerprint density at radius 3 is 2.35 bits per heavy atom. The minimum absolute atomic E-state index is 0.0178. The van der Waals surface area contributed by atoms with E-state index in [1.165, 1.54) is 26.0 Å². The number of esters is 1. The van der Waals surface area contributed by atoms with Crippen molar-refractivity contribution in [2.45, 2.75) is 39.5 Å². The van der Waals surface area contributed by atoms with Crippen LogP contribution in [0.4, 0.5) is 36.8 Å². The molecule has 0 bridgehead atoms. The van der Waals surface area contributed by atoms with Gasteiger partial charge in [0.05, 0.1) is 30.8 Å². The molecular weight excluding hydrogens is 528 g/mol. The molecule has 0 spiro atoms. The maximum atomic E-state index is 13.0. The molecule has 1 heterocycles. The number of carbonyl (C=O) groups is 2. The molecule has 6 nitrogen and oxygen atoms in total. The first kappa shape index (κ1) is 28.3. The van der Waals surface area contributed by atoms with Crippen molar-refractivity contribution in [2.24, 2.45) is 10.5 Å². The highest BCUT2D eigenvalue weighted by molar-refractivity contribution is 6.32. The Hall–Kier alpha value is -3.28. The van der Waals surface area contributed by atoms with Crippen LogP contribution in [0.1, 0.15) is 36.1 Å². The van der Waals surface area contributed by atoms with E-state index in [0.29, 0.717) is 0 Å². The molecule has 0 aliphatic carbocycles. The topological polar surface area (TPSA) is 71.0 Å². The second-order valence-electron chi connectivity index (χ2n) is 8.61. The Balaban J connectivity index is 1.94. The number of rotatable bonds is 5. The minimum atomic E-state index is -4.56. The van der Waals surface area contributed by atoms with Crippen molar-refractivity contribution in [1.82, 2.24) is 5.01 Å². The number of alkyl halides is 6. The van der Waals surface area contributed by atoms with Gasteiger partial charge in [-0.05, 0) is 56.2 Å². The van der Waals surface area contributed by atoms with Gasteiger partial charge in [0.25, 0.3) is 0 Å². The molecule has 0 saturated carbocycles. The van der Waals surface area contributed by atoms with Crippen molar-refractivity contribution in [1.29, 1.82) is 0 Å². The predicted octanol–water partition coefficient (Wildman–Crippen LogP) is 6.59. The summed E-state index contributed by atoms with van der Waals surface area (Å²) in [5, 5.41) is 7.39. The summed E-state index contributed by atoms with van der Waals surface area (Å²) in [5.74, 6) is -0.731. The second kappa shape index (κ2) is 10.2. The Kier molecular flexibility index (Phi) is 7.83. The van der Waals surface area contributed by atoms with Crippen molar-refractivity contribution in [3.63, 3.8) is 0 Å². The summed E-state index contributed by atoms with van der Waals surface area (Å²) in [4.78, 5) is 25.8. The molecule has 200 valence electrons. The molecule has 2 aromatic rings. The molecule has 1 N–H and O–H groups in total. The average molecular weight is 550 g/mol. The number of hydrogen-bond donors (Lipinski definition) is 1. The normalized spacial score (nSPS) is 18.0. The summed E-state index contributed by atoms with van der Waals surface area (Å²) in [6, 6.07) is 5.64. The molecule has 1 unspecified atom stereocenters. The van der Waals surface area contributed by atoms with Gasteiger partial charge in [0.2, 0.25) is 0 Å². The quantitative estimate of drug-likeness (QED) is 0.338. The third-order valence-corrected chi connectivity index (χ3v) is 6.03. The number of carbonyl (C=O) groups excluding carboxylic acids is 2. The lowest BCUT2D eigenvalue weighted by molar-refractivity contribution is -0.150. The van der Waals surface area contributed by atoms with Gasteiger partial charge in [-0.3, -0.25) is 4.79 Å². The van der Waals surface area contributed by atoms with Gasteiger partial charge in [-0.25, -0.2) is 9.80 Å². The van der Waals surface area contributed by atoms with Crippen molar-refractivity contribution in [3.8, 4) is 0 Å². The van der Waals surface area contributed by atoms with Crippen LogP contribution in [0.2, 0.25) is 5.02 Å². The van der Waals surface area contributed by atoms with E-state index in [2.05, 4.69) is 10.4 Å². The highest BCUT2D eigenvalue weighted by Gasteiger charge is 2.48. The number of hydrazone groups is 1. The van der Waals surface area contributed by atoms with E-state index in [1.807, 2.05) is 0 Å². The third kappa shape index (κ3) is 6.35. The Morgan fingerprint density at radius 2 is 1.81 bits per heavy atom. The molecule has 1 aliphatic rings. The number of amides is 2. The number of halogens is 7. The van der Waals surface area contributed by atoms with Crippen molar-refractivity contribution < 1.29 is 40.7 Å². The maximum Gasteiger partial charge on any atom is 0.416 e. The fourth-order valence-corrected chi connectivity index (χ4v) is 4.05. The van der Waals surface area contributed by atoms with Crippen LogP contribution < -0.4 is 5.32 Å². The summed E-state index contributed by atoms with van der Waals surface area (Å²) in [5.41, 5.74) is -2.09. The lowest BCUT2D eigenvalue weighted by Gasteiger charge is -2.24. The number of nitrogens with zero attached hydrogens (tertiary/aromatic N) is 2. The molecule has 0 saturated heterocycles. The molecular formula is C24H22ClF6N3O3. The van der Waals surface area contributed by atoms with E-state index in [0.717, 1.165) is 29.3 Å². The monoisotopic (exact) mass is 549 g/mol. The van der Waals surface area contributed by atoms with Crippen LogP contribution in [0, 0.1) is 12.3 Å². The molecule has 37 heavy (non-hydrogen) atoms. The summed E-state index contributed by atoms with van der Waals surface area (Å²) in [6.07, 6.45) is -10.3. The van der Waals surface area contributed by atoms with Crippen molar-refractivity contribution in [2.75, 3.05) is 18.5 Å². The lowest BCUT2D eigenvalue weighted by atomic mass is 9.82. The van der Waals surface area contributed by atoms with E-state index in [1.54, 1.807) is 6.92 Å². The van der Waals surface area contributed by atoms with Gasteiger partial charge in [-0.15, -0.1) is 0 Å². The predicted molar refractivity (Wildman–Crippen MR) is 124 cm³/mol. The molecule has 1 atom stereocenters. The number of urea groups is 1. The molecule has 13 heteroatoms. The fraction of sp³-hybridized carbons (Fsp3) is 0.375. The van der Waals surface area contributed by atoms with Gasteiger partial charge in [0.1, 0.15) is 5.41 Å². The first-order valence-electron chi connectivity index (χ1n) is 10.9. The van der Waals surface area contributed by atoms with Crippen LogP contribution in [-0.4, -0.2) is 42.0 Å². The SMILES string of the molecule is CCOC(=O)C1(C)CN(C(=O)Nc2ccc(C(F)(F)F)cc2C)N=C1c1ccc(CC(F)(F)F)c(Cl)c1. The maximum absolute atomic E-state index is 13.0. The van der Waals surface area contributed by atoms with Crippen molar-refractivity contribution >= 4 is 35.0 Å². The number of nitrogens with one attached hydrogen (secondary N) is 1. The Bertz CT molecular complexity index is 1250. The minimum Gasteiger partial charge on any atom is -0.465 e. The molecule has 0 aromatic heterocycles. The van der Waals surface area contributed by atoms with Crippen molar-refractivity contribution in [3.05, 3.63) is 63.7 Å². The van der Waals surface area contributed by atoms with E-state index in [9.17, 15) is 35.9 Å². The summed E-state index contributed by atoms with van der Waals surface area (Å²) < 4.78 is 82.4. The zero-order valence-electron chi connectivity index (χ0n) is 19.9. The number of aryl methyl sites for hydroxylation is 1. The molecule has 1 aliphatic heterocycles. The van der Waals surface area contributed by atoms with Crippen LogP contribution in [0.15, 0.2) is 41.5 Å². The fourth-order valence-electron chi connectivity index (χ4n) is 3.80. The van der Waals surface area contributed by atoms with Crippen LogP contribution in [0.3, 0.4) is 0 Å². The lowest BCUT2D eigenvalue weighted by Crippen LogP contribution is -2.42. The molecule has 0 radical (unpaired) electrons. The number of anilines is 1. The first-order valence-corrected chi connectivity index (χ1v) is 11.3. The van der Waals surface area contributed by atoms with Gasteiger partial charge in [0.15, 0.2) is 0 Å². The van der Waals surface area contributed by atoms with Crippen LogP contribution in [0.25, 0.3) is 0 Å². The molecule has 3 rings (SSSR count). The van der Waals surface area contributed by atoms with E-state index < -0.39 is 41.8 Å². The molecule has 2 aromatic carbocycles. The van der Waals surface area contributed by atoms with Gasteiger partial charge in [0, 0.05) is 16.3 Å². The largest absolute Gasteiger partial charge is 0.465 e. The zero-order chi connectivity index (χ0) is 27.8. The van der Waals surface area contributed by atoms with E-state index in [-0.39, 0.29) is 46.3 Å². The summed E-state index contributed by atoms with van der Waals surface area (Å²) in [7, 11) is 0. The number of hydrogen-bond acceptors (Lipinski definition) is 4. The number of benzene rings is 2. The molecule has 2 amide bonds. The Labute approximate surface area is 213 Å². The van der Waals surface area contributed by atoms with Gasteiger partial charge in [-0.2, -0.15) is 31.4 Å². The highest BCUT2D eigenvalue weighted by Crippen LogP contribution is 2.36. The van der Waals surface area contributed by atoms with E-state index >= 15 is 0 Å². The second-order valence-corrected chi connectivity index (χ2v) is 9.02. The van der Waals surface area contributed by atoms with Crippen LogP contribution >= 0.6 is 11.6 Å². The zero-order valence-corrected chi connectivity index (χ0v) is 20.6. The van der Waals surface area contributed by atoms with Gasteiger partial charge < -0.3 is 10.1 Å². The molecule has 0 fully saturated rings. The number of ether oxygens (including phenoxy) is 1. The van der Waals surface area contributed by atoms with Gasteiger partial charge in [-0.1, -0.05) is 23.7 Å². The smallest absolute Gasteiger partial charge is 0.416 e. The van der Waals surface area contributed by atoms with Crippen LogP contribution in [-0.2, 0) is 22.1 Å². The van der Waals surface area contributed by atoms with E-state index in [4.69, 9.17) is 16.3 Å². The summed E-state index contributed by atoms with van der Waals surface area (Å²) in [6.45, 7) is 4.14. The van der Waals surface area contributed by atoms with Gasteiger partial charge >= 0.3 is 24.4 Å². The Morgan fingerprint density at radius 1 is 1.14 bits per heavy atom. The first-order chi connectivity index (χ1) is 17.0. The van der Waals surface area contributed by atoms with Crippen LogP contribution in [0.5, 0.6) is 0 Å². The third-order valence-electron chi connectivity index (χ3n) is 5.68.